The monoisotopic (exact) mass is 160 g/mol. The van der Waals surface area contributed by atoms with Gasteiger partial charge < -0.3 is 0 Å². The Morgan fingerprint density at radius 2 is 2.00 bits per heavy atom. The molecule has 6 nitrogen and oxygen atoms in total. The molecule has 0 heterocycles. The maximum Gasteiger partial charge on any atom is 0.287 e. The van der Waals surface area contributed by atoms with Crippen molar-refractivity contribution in [2.24, 2.45) is 5.14 Å². The molecule has 0 aliphatic carbocycles. The minimum Gasteiger partial charge on any atom is -0.293 e. The summed E-state index contributed by atoms with van der Waals surface area (Å²) in [6, 6.07) is 0. The number of nitrogens with one attached hydrogen (secondary N) is 1. The van der Waals surface area contributed by atoms with E-state index in [1.807, 2.05) is 0 Å². The highest BCUT2D eigenvalue weighted by atomic mass is 32.3. The molecule has 0 bridgehead atoms. The van der Waals surface area contributed by atoms with Crippen LogP contribution in [0.1, 0.15) is 0 Å². The highest BCUT2D eigenvalue weighted by Gasteiger charge is 2.02. The van der Waals surface area contributed by atoms with Gasteiger partial charge in [-0.05, 0) is 0 Å². The highest BCUT2D eigenvalue weighted by Crippen LogP contribution is 1.67. The molecule has 0 aromatic heterocycles. The standard InChI is InChI=1S/H4N2O4S2/c1-8(5,6)2-7(3)4/h2H,(H,3,4)(H2,1,5,6). The SMILES string of the molecule is NS(=O)(=O)NS(=O)O. The van der Waals surface area contributed by atoms with Crippen LogP contribution in [0.15, 0.2) is 0 Å². The van der Waals surface area contributed by atoms with Crippen molar-refractivity contribution in [1.82, 2.24) is 4.13 Å². The van der Waals surface area contributed by atoms with Crippen LogP contribution in [0.4, 0.5) is 0 Å². The van der Waals surface area contributed by atoms with E-state index in [0.29, 0.717) is 0 Å². The lowest BCUT2D eigenvalue weighted by atomic mass is 13.9. The zero-order valence-corrected chi connectivity index (χ0v) is 5.20. The Balaban J connectivity index is 3.95. The number of rotatable bonds is 2. The topological polar surface area (TPSA) is 109 Å². The average Bonchev–Trinajstić information content (AvgIpc) is 1.21. The molecule has 0 aliphatic heterocycles. The highest BCUT2D eigenvalue weighted by molar-refractivity contribution is 7.98. The third-order valence-electron chi connectivity index (χ3n) is 0.187. The predicted octanol–water partition coefficient (Wildman–Crippen LogP) is -2.08. The molecule has 8 heavy (non-hydrogen) atoms. The summed E-state index contributed by atoms with van der Waals surface area (Å²) in [5.74, 6) is 0. The summed E-state index contributed by atoms with van der Waals surface area (Å²) in [6.45, 7) is 0. The molecule has 50 valence electrons. The predicted molar refractivity (Wildman–Crippen MR) is 27.0 cm³/mol. The molecule has 0 saturated heterocycles. The Morgan fingerprint density at radius 3 is 2.00 bits per heavy atom. The number of hydrogen-bond donors (Lipinski definition) is 3. The van der Waals surface area contributed by atoms with Crippen LogP contribution in [-0.4, -0.2) is 17.2 Å². The molecule has 0 rings (SSSR count). The second-order valence-electron chi connectivity index (χ2n) is 0.877. The average molecular weight is 160 g/mol. The molecule has 0 aromatic carbocycles. The molecule has 4 N–H and O–H groups in total. The van der Waals surface area contributed by atoms with Gasteiger partial charge in [-0.15, -0.1) is 0 Å². The first-order valence-electron chi connectivity index (χ1n) is 1.33. The Bertz CT molecular complexity index is 178. The zero-order valence-electron chi connectivity index (χ0n) is 3.57. The third kappa shape index (κ3) is 5.98. The van der Waals surface area contributed by atoms with Gasteiger partial charge in [-0.3, -0.25) is 4.55 Å². The number of hydrogen-bond acceptors (Lipinski definition) is 3. The minimum absolute atomic E-state index is 1.16. The Morgan fingerprint density at radius 1 is 1.62 bits per heavy atom. The summed E-state index contributed by atoms with van der Waals surface area (Å²) in [7, 11) is -4.02. The zero-order chi connectivity index (χ0) is 6.78. The van der Waals surface area contributed by atoms with Crippen molar-refractivity contribution in [3.05, 3.63) is 0 Å². The van der Waals surface area contributed by atoms with E-state index in [9.17, 15) is 12.6 Å². The fourth-order valence-corrected chi connectivity index (χ4v) is 0.894. The lowest BCUT2D eigenvalue weighted by Crippen LogP contribution is -2.31. The molecular formula is H4N2O4S2. The number of nitrogens with two attached hydrogens (primary N) is 1. The molecule has 0 radical (unpaired) electrons. The van der Waals surface area contributed by atoms with Gasteiger partial charge in [-0.1, -0.05) is 4.13 Å². The lowest BCUT2D eigenvalue weighted by Gasteiger charge is -1.90. The molecule has 1 unspecified atom stereocenters. The molecular weight excluding hydrogens is 156 g/mol. The van der Waals surface area contributed by atoms with E-state index in [1.54, 1.807) is 0 Å². The molecule has 1 atom stereocenters. The van der Waals surface area contributed by atoms with Crippen LogP contribution in [0.3, 0.4) is 0 Å². The summed E-state index contributed by atoms with van der Waals surface area (Å²) in [5.41, 5.74) is 0. The van der Waals surface area contributed by atoms with Gasteiger partial charge in [0.25, 0.3) is 10.2 Å². The van der Waals surface area contributed by atoms with Crippen molar-refractivity contribution in [1.29, 1.82) is 0 Å². The summed E-state index contributed by atoms with van der Waals surface area (Å²) >= 11 is -2.60. The van der Waals surface area contributed by atoms with E-state index in [0.717, 1.165) is 4.13 Å². The van der Waals surface area contributed by atoms with E-state index in [-0.39, 0.29) is 0 Å². The fourth-order valence-electron chi connectivity index (χ4n) is 0.0994. The van der Waals surface area contributed by atoms with Crippen LogP contribution in [0.25, 0.3) is 0 Å². The molecule has 0 spiro atoms. The largest absolute Gasteiger partial charge is 0.293 e. The third-order valence-corrected chi connectivity index (χ3v) is 1.69. The van der Waals surface area contributed by atoms with E-state index in [1.165, 1.54) is 0 Å². The molecule has 0 aromatic rings. The van der Waals surface area contributed by atoms with Crippen LogP contribution >= 0.6 is 0 Å². The van der Waals surface area contributed by atoms with E-state index in [2.05, 4.69) is 5.14 Å². The van der Waals surface area contributed by atoms with Crippen molar-refractivity contribution in [2.75, 3.05) is 0 Å². The quantitative estimate of drug-likeness (QED) is 0.402. The lowest BCUT2D eigenvalue weighted by molar-refractivity contribution is 0.554. The van der Waals surface area contributed by atoms with E-state index in [4.69, 9.17) is 4.55 Å². The van der Waals surface area contributed by atoms with Crippen molar-refractivity contribution < 1.29 is 17.2 Å². The molecule has 0 fully saturated rings. The van der Waals surface area contributed by atoms with Gasteiger partial charge in [0, 0.05) is 0 Å². The summed E-state index contributed by atoms with van der Waals surface area (Å²) < 4.78 is 38.0. The van der Waals surface area contributed by atoms with Gasteiger partial charge in [-0.2, -0.15) is 8.42 Å². The van der Waals surface area contributed by atoms with Crippen LogP contribution in [0.2, 0.25) is 0 Å². The Hall–Kier alpha value is -0.0200. The van der Waals surface area contributed by atoms with Crippen molar-refractivity contribution in [2.45, 2.75) is 0 Å². The van der Waals surface area contributed by atoms with Gasteiger partial charge in [0.1, 0.15) is 0 Å². The maximum absolute atomic E-state index is 9.76. The Labute approximate surface area is 48.7 Å². The Kier molecular flexibility index (Phi) is 2.50. The van der Waals surface area contributed by atoms with Crippen molar-refractivity contribution >= 4 is 21.5 Å². The van der Waals surface area contributed by atoms with Crippen LogP contribution in [0, 0.1) is 0 Å². The molecule has 0 aliphatic rings. The molecule has 8 heteroatoms. The van der Waals surface area contributed by atoms with Crippen LogP contribution in [-0.2, 0) is 21.5 Å². The van der Waals surface area contributed by atoms with Crippen molar-refractivity contribution in [3.8, 4) is 0 Å². The van der Waals surface area contributed by atoms with Crippen LogP contribution < -0.4 is 9.27 Å². The minimum atomic E-state index is -4.02. The summed E-state index contributed by atoms with van der Waals surface area (Å²) in [4.78, 5) is 0. The van der Waals surface area contributed by atoms with Gasteiger partial charge in [0.2, 0.25) is 11.3 Å². The normalized spacial score (nSPS) is 15.8. The second-order valence-corrected chi connectivity index (χ2v) is 3.13. The fraction of sp³-hybridized carbons (Fsp3) is 0. The van der Waals surface area contributed by atoms with Gasteiger partial charge in [0.05, 0.1) is 0 Å². The van der Waals surface area contributed by atoms with Gasteiger partial charge >= 0.3 is 0 Å². The van der Waals surface area contributed by atoms with Crippen LogP contribution in [0.5, 0.6) is 0 Å². The van der Waals surface area contributed by atoms with Gasteiger partial charge in [0.15, 0.2) is 0 Å². The maximum atomic E-state index is 9.76. The summed E-state index contributed by atoms with van der Waals surface area (Å²) in [6.07, 6.45) is 0. The first-order chi connectivity index (χ1) is 3.42. The van der Waals surface area contributed by atoms with Gasteiger partial charge in [-0.25, -0.2) is 9.35 Å². The first-order valence-corrected chi connectivity index (χ1v) is 3.98. The molecule has 0 amide bonds. The van der Waals surface area contributed by atoms with Crippen molar-refractivity contribution in [3.63, 3.8) is 0 Å². The smallest absolute Gasteiger partial charge is 0.287 e. The van der Waals surface area contributed by atoms with E-state index < -0.39 is 21.5 Å². The molecule has 0 saturated carbocycles. The second kappa shape index (κ2) is 2.51. The summed E-state index contributed by atoms with van der Waals surface area (Å²) in [5, 5.41) is 4.24. The first kappa shape index (κ1) is 7.98. The van der Waals surface area contributed by atoms with E-state index >= 15 is 0 Å².